The Kier molecular flexibility index (Phi) is 5.86. The molecular weight excluding hydrogens is 366 g/mol. The summed E-state index contributed by atoms with van der Waals surface area (Å²) in [5, 5.41) is 6.19. The Hall–Kier alpha value is -2.73. The first-order valence-corrected chi connectivity index (χ1v) is 9.21. The van der Waals surface area contributed by atoms with Crippen LogP contribution in [0.5, 0.6) is 5.75 Å². The molecule has 0 bridgehead atoms. The summed E-state index contributed by atoms with van der Waals surface area (Å²) >= 11 is 5.98. The number of hydrogen-bond donors (Lipinski definition) is 2. The van der Waals surface area contributed by atoms with Crippen molar-refractivity contribution in [3.8, 4) is 5.75 Å². The van der Waals surface area contributed by atoms with Crippen molar-refractivity contribution in [3.63, 3.8) is 0 Å². The maximum atomic E-state index is 12.3. The van der Waals surface area contributed by atoms with Crippen molar-refractivity contribution >= 4 is 34.9 Å². The molecule has 0 aliphatic carbocycles. The minimum Gasteiger partial charge on any atom is -0.494 e. The number of rotatable bonds is 5. The van der Waals surface area contributed by atoms with E-state index >= 15 is 0 Å². The summed E-state index contributed by atoms with van der Waals surface area (Å²) in [5.41, 5.74) is 2.35. The molecule has 27 heavy (non-hydrogen) atoms. The number of urea groups is 1. The van der Waals surface area contributed by atoms with Crippen LogP contribution in [0, 0.1) is 6.92 Å². The lowest BCUT2D eigenvalue weighted by Gasteiger charge is -2.18. The minimum absolute atomic E-state index is 0.0246. The van der Waals surface area contributed by atoms with Crippen LogP contribution in [0.2, 0.25) is 5.02 Å². The molecule has 1 aliphatic heterocycles. The van der Waals surface area contributed by atoms with Gasteiger partial charge in [-0.2, -0.15) is 0 Å². The van der Waals surface area contributed by atoms with Gasteiger partial charge in [0.2, 0.25) is 5.91 Å². The topological polar surface area (TPSA) is 70.7 Å². The van der Waals surface area contributed by atoms with E-state index in [2.05, 4.69) is 10.6 Å². The normalized spacial score (nSPS) is 16.3. The lowest BCUT2D eigenvalue weighted by molar-refractivity contribution is -0.117. The molecule has 1 aliphatic rings. The first kappa shape index (κ1) is 19.0. The van der Waals surface area contributed by atoms with Gasteiger partial charge in [-0.05, 0) is 55.8 Å². The number of halogens is 1. The van der Waals surface area contributed by atoms with E-state index in [0.717, 1.165) is 17.0 Å². The maximum absolute atomic E-state index is 12.3. The second-order valence-electron chi connectivity index (χ2n) is 6.39. The molecule has 1 saturated heterocycles. The molecule has 0 aromatic heterocycles. The molecule has 3 rings (SSSR count). The Balaban J connectivity index is 1.60. The van der Waals surface area contributed by atoms with Crippen molar-refractivity contribution in [1.29, 1.82) is 0 Å². The molecule has 1 fully saturated rings. The largest absolute Gasteiger partial charge is 0.494 e. The standard InChI is InChI=1S/C20H22ClN3O3/c1-3-27-17-8-6-16(7-9-17)24-12-15(11-19(24)25)22-20(26)23-18-10-14(21)5-4-13(18)2/h4-10,15H,3,11-12H2,1-2H3,(H2,22,23,26). The molecule has 0 radical (unpaired) electrons. The first-order valence-electron chi connectivity index (χ1n) is 8.83. The average Bonchev–Trinajstić information content (AvgIpc) is 2.99. The van der Waals surface area contributed by atoms with E-state index in [1.165, 1.54) is 0 Å². The van der Waals surface area contributed by atoms with Crippen LogP contribution in [-0.2, 0) is 4.79 Å². The Morgan fingerprint density at radius 1 is 1.26 bits per heavy atom. The Bertz CT molecular complexity index is 839. The fourth-order valence-electron chi connectivity index (χ4n) is 3.02. The zero-order chi connectivity index (χ0) is 19.4. The Labute approximate surface area is 163 Å². The Morgan fingerprint density at radius 3 is 2.70 bits per heavy atom. The van der Waals surface area contributed by atoms with E-state index in [9.17, 15) is 9.59 Å². The number of anilines is 2. The highest BCUT2D eigenvalue weighted by molar-refractivity contribution is 6.31. The van der Waals surface area contributed by atoms with Crippen LogP contribution < -0.4 is 20.3 Å². The minimum atomic E-state index is -0.355. The second-order valence-corrected chi connectivity index (χ2v) is 6.83. The van der Waals surface area contributed by atoms with Gasteiger partial charge in [0, 0.05) is 29.4 Å². The predicted molar refractivity (Wildman–Crippen MR) is 107 cm³/mol. The SMILES string of the molecule is CCOc1ccc(N2CC(NC(=O)Nc3cc(Cl)ccc3C)CC2=O)cc1. The van der Waals surface area contributed by atoms with E-state index in [0.29, 0.717) is 23.9 Å². The van der Waals surface area contributed by atoms with Crippen molar-refractivity contribution in [1.82, 2.24) is 5.32 Å². The monoisotopic (exact) mass is 387 g/mol. The van der Waals surface area contributed by atoms with Gasteiger partial charge in [-0.25, -0.2) is 4.79 Å². The summed E-state index contributed by atoms with van der Waals surface area (Å²) in [6.45, 7) is 4.83. The van der Waals surface area contributed by atoms with Crippen molar-refractivity contribution < 1.29 is 14.3 Å². The summed E-state index contributed by atoms with van der Waals surface area (Å²) in [5.74, 6) is 0.738. The van der Waals surface area contributed by atoms with Crippen molar-refractivity contribution in [2.24, 2.45) is 0 Å². The third kappa shape index (κ3) is 4.71. The van der Waals surface area contributed by atoms with Crippen LogP contribution in [0.1, 0.15) is 18.9 Å². The van der Waals surface area contributed by atoms with Crippen LogP contribution in [0.15, 0.2) is 42.5 Å². The summed E-state index contributed by atoms with van der Waals surface area (Å²) in [7, 11) is 0. The fourth-order valence-corrected chi connectivity index (χ4v) is 3.19. The zero-order valence-corrected chi connectivity index (χ0v) is 16.0. The molecule has 7 heteroatoms. The van der Waals surface area contributed by atoms with Crippen molar-refractivity contribution in [2.45, 2.75) is 26.3 Å². The number of amides is 3. The summed E-state index contributed by atoms with van der Waals surface area (Å²) in [6, 6.07) is 12.1. The van der Waals surface area contributed by atoms with Crippen LogP contribution in [0.25, 0.3) is 0 Å². The van der Waals surface area contributed by atoms with Crippen LogP contribution in [0.4, 0.5) is 16.2 Å². The van der Waals surface area contributed by atoms with Gasteiger partial charge in [0.15, 0.2) is 0 Å². The molecular formula is C20H22ClN3O3. The van der Waals surface area contributed by atoms with Crippen molar-refractivity contribution in [2.75, 3.05) is 23.4 Å². The number of hydrogen-bond acceptors (Lipinski definition) is 3. The van der Waals surface area contributed by atoms with E-state index in [-0.39, 0.29) is 24.4 Å². The van der Waals surface area contributed by atoms with Gasteiger partial charge in [-0.1, -0.05) is 17.7 Å². The molecule has 2 N–H and O–H groups in total. The van der Waals surface area contributed by atoms with Crippen molar-refractivity contribution in [3.05, 3.63) is 53.1 Å². The maximum Gasteiger partial charge on any atom is 0.319 e. The second kappa shape index (κ2) is 8.31. The van der Waals surface area contributed by atoms with E-state index in [1.807, 2.05) is 44.2 Å². The number of nitrogens with one attached hydrogen (secondary N) is 2. The van der Waals surface area contributed by atoms with Crippen LogP contribution in [0.3, 0.4) is 0 Å². The third-order valence-electron chi connectivity index (χ3n) is 4.37. The molecule has 1 atom stereocenters. The zero-order valence-electron chi connectivity index (χ0n) is 15.3. The number of carbonyl (C=O) groups is 2. The summed E-state index contributed by atoms with van der Waals surface area (Å²) in [4.78, 5) is 26.3. The van der Waals surface area contributed by atoms with Gasteiger partial charge in [0.05, 0.1) is 12.6 Å². The molecule has 142 valence electrons. The number of carbonyl (C=O) groups excluding carboxylic acids is 2. The van der Waals surface area contributed by atoms with Gasteiger partial charge in [-0.3, -0.25) is 4.79 Å². The molecule has 6 nitrogen and oxygen atoms in total. The molecule has 0 saturated carbocycles. The van der Waals surface area contributed by atoms with Gasteiger partial charge >= 0.3 is 6.03 Å². The highest BCUT2D eigenvalue weighted by Crippen LogP contribution is 2.25. The highest BCUT2D eigenvalue weighted by Gasteiger charge is 2.31. The number of nitrogens with zero attached hydrogens (tertiary/aromatic N) is 1. The molecule has 2 aromatic carbocycles. The highest BCUT2D eigenvalue weighted by atomic mass is 35.5. The number of aryl methyl sites for hydroxylation is 1. The number of benzene rings is 2. The number of ether oxygens (including phenoxy) is 1. The summed E-state index contributed by atoms with van der Waals surface area (Å²) < 4.78 is 5.42. The summed E-state index contributed by atoms with van der Waals surface area (Å²) in [6.07, 6.45) is 0.259. The van der Waals surface area contributed by atoms with Gasteiger partial charge in [0.1, 0.15) is 5.75 Å². The Morgan fingerprint density at radius 2 is 2.00 bits per heavy atom. The van der Waals surface area contributed by atoms with Gasteiger partial charge in [0.25, 0.3) is 0 Å². The van der Waals surface area contributed by atoms with Crippen LogP contribution in [-0.4, -0.2) is 31.1 Å². The van der Waals surface area contributed by atoms with Gasteiger partial charge in [-0.15, -0.1) is 0 Å². The smallest absolute Gasteiger partial charge is 0.319 e. The third-order valence-corrected chi connectivity index (χ3v) is 4.60. The molecule has 3 amide bonds. The fraction of sp³-hybridized carbons (Fsp3) is 0.300. The average molecular weight is 388 g/mol. The van der Waals surface area contributed by atoms with Crippen LogP contribution >= 0.6 is 11.6 Å². The predicted octanol–water partition coefficient (Wildman–Crippen LogP) is 3.97. The van der Waals surface area contributed by atoms with E-state index < -0.39 is 0 Å². The lowest BCUT2D eigenvalue weighted by Crippen LogP contribution is -2.39. The van der Waals surface area contributed by atoms with Gasteiger partial charge < -0.3 is 20.3 Å². The lowest BCUT2D eigenvalue weighted by atomic mass is 10.2. The van der Waals surface area contributed by atoms with E-state index in [4.69, 9.17) is 16.3 Å². The first-order chi connectivity index (χ1) is 13.0. The molecule has 1 unspecified atom stereocenters. The quantitative estimate of drug-likeness (QED) is 0.815. The van der Waals surface area contributed by atoms with E-state index in [1.54, 1.807) is 17.0 Å². The molecule has 0 spiro atoms. The molecule has 2 aromatic rings. The molecule has 1 heterocycles.